The Bertz CT molecular complexity index is 1230. The fourth-order valence-electron chi connectivity index (χ4n) is 4.21. The third-order valence-corrected chi connectivity index (χ3v) is 6.94. The Balaban J connectivity index is 1.42. The molecule has 2 aromatic heterocycles. The van der Waals surface area contributed by atoms with Crippen LogP contribution in [-0.4, -0.2) is 45.3 Å². The van der Waals surface area contributed by atoms with Gasteiger partial charge in [0, 0.05) is 21.8 Å². The molecule has 0 bridgehead atoms. The summed E-state index contributed by atoms with van der Waals surface area (Å²) in [5.41, 5.74) is -1.15. The first-order chi connectivity index (χ1) is 14.9. The standard InChI is InChI=1S/C22H21N3O5S/c1-12-6-7-30-17-11-24-10-15(19(26)20(27)18(24)22(29)25(12)17)21(28)23-9-14-8-13-4-2-3-5-16(13)31-14/h2-5,8,10,12,17,27H,6-7,9,11H2,1H3,(H,23,28)/t12-,17+/m1/s1. The number of nitrogens with one attached hydrogen (secondary N) is 1. The van der Waals surface area contributed by atoms with Crippen LogP contribution in [0.25, 0.3) is 10.1 Å². The topological polar surface area (TPSA) is 101 Å². The van der Waals surface area contributed by atoms with E-state index < -0.39 is 29.2 Å². The lowest BCUT2D eigenvalue weighted by molar-refractivity contribution is -0.112. The average molecular weight is 439 g/mol. The van der Waals surface area contributed by atoms with Crippen LogP contribution in [-0.2, 0) is 17.8 Å². The van der Waals surface area contributed by atoms with Gasteiger partial charge in [-0.15, -0.1) is 11.3 Å². The van der Waals surface area contributed by atoms with E-state index in [9.17, 15) is 19.5 Å². The largest absolute Gasteiger partial charge is 0.503 e. The van der Waals surface area contributed by atoms with Crippen LogP contribution in [0.3, 0.4) is 0 Å². The molecule has 0 radical (unpaired) electrons. The zero-order chi connectivity index (χ0) is 21.7. The highest BCUT2D eigenvalue weighted by Gasteiger charge is 2.41. The Morgan fingerprint density at radius 1 is 1.32 bits per heavy atom. The number of nitrogens with zero attached hydrogens (tertiary/aromatic N) is 2. The molecule has 31 heavy (non-hydrogen) atoms. The van der Waals surface area contributed by atoms with Crippen molar-refractivity contribution >= 4 is 33.2 Å². The number of benzene rings is 1. The van der Waals surface area contributed by atoms with Gasteiger partial charge in [-0.1, -0.05) is 18.2 Å². The second kappa shape index (κ2) is 7.51. The molecule has 5 rings (SSSR count). The number of aromatic hydroxyl groups is 1. The molecule has 2 atom stereocenters. The number of hydrogen-bond acceptors (Lipinski definition) is 6. The predicted molar refractivity (Wildman–Crippen MR) is 115 cm³/mol. The van der Waals surface area contributed by atoms with E-state index in [-0.39, 0.29) is 30.4 Å². The number of carbonyl (C=O) groups excluding carboxylic acids is 2. The van der Waals surface area contributed by atoms with E-state index in [0.717, 1.165) is 15.0 Å². The van der Waals surface area contributed by atoms with Crippen LogP contribution in [0.1, 0.15) is 39.1 Å². The molecule has 2 aliphatic rings. The number of aromatic nitrogens is 1. The van der Waals surface area contributed by atoms with Gasteiger partial charge in [0.25, 0.3) is 11.8 Å². The second-order valence-electron chi connectivity index (χ2n) is 7.83. The van der Waals surface area contributed by atoms with Crippen molar-refractivity contribution in [2.75, 3.05) is 6.61 Å². The van der Waals surface area contributed by atoms with Gasteiger partial charge in [0.2, 0.25) is 5.43 Å². The van der Waals surface area contributed by atoms with E-state index in [4.69, 9.17) is 4.74 Å². The van der Waals surface area contributed by atoms with Crippen molar-refractivity contribution in [3.05, 3.63) is 62.9 Å². The van der Waals surface area contributed by atoms with Gasteiger partial charge in [0.1, 0.15) is 5.56 Å². The number of amides is 2. The third-order valence-electron chi connectivity index (χ3n) is 5.82. The summed E-state index contributed by atoms with van der Waals surface area (Å²) in [7, 11) is 0. The van der Waals surface area contributed by atoms with Gasteiger partial charge in [-0.2, -0.15) is 0 Å². The summed E-state index contributed by atoms with van der Waals surface area (Å²) in [5.74, 6) is -1.76. The zero-order valence-corrected chi connectivity index (χ0v) is 17.6. The summed E-state index contributed by atoms with van der Waals surface area (Å²) in [5, 5.41) is 14.3. The maximum atomic E-state index is 12.9. The first-order valence-electron chi connectivity index (χ1n) is 10.1. The normalized spacial score (nSPS) is 20.4. The van der Waals surface area contributed by atoms with Crippen molar-refractivity contribution < 1.29 is 19.4 Å². The molecule has 4 heterocycles. The van der Waals surface area contributed by atoms with Gasteiger partial charge in [-0.25, -0.2) is 0 Å². The maximum absolute atomic E-state index is 12.9. The summed E-state index contributed by atoms with van der Waals surface area (Å²) in [4.78, 5) is 40.9. The second-order valence-corrected chi connectivity index (χ2v) is 9.00. The highest BCUT2D eigenvalue weighted by Crippen LogP contribution is 2.29. The lowest BCUT2D eigenvalue weighted by atomic mass is 10.1. The molecule has 1 saturated heterocycles. The van der Waals surface area contributed by atoms with Gasteiger partial charge in [-0.05, 0) is 30.9 Å². The number of pyridine rings is 1. The molecule has 160 valence electrons. The number of rotatable bonds is 3. The SMILES string of the molecule is C[C@@H]1CCO[C@H]2Cn3cc(C(=O)NCc4cc5ccccc5s4)c(=O)c(O)c3C(=O)N12. The summed E-state index contributed by atoms with van der Waals surface area (Å²) in [6.07, 6.45) is 1.54. The molecular formula is C22H21N3O5S. The summed E-state index contributed by atoms with van der Waals surface area (Å²) < 4.78 is 8.27. The highest BCUT2D eigenvalue weighted by molar-refractivity contribution is 7.19. The molecule has 2 amide bonds. The summed E-state index contributed by atoms with van der Waals surface area (Å²) in [6.45, 7) is 2.94. The van der Waals surface area contributed by atoms with Gasteiger partial charge < -0.3 is 24.6 Å². The van der Waals surface area contributed by atoms with Crippen molar-refractivity contribution in [1.29, 1.82) is 0 Å². The lowest BCUT2D eigenvalue weighted by Gasteiger charge is -2.44. The van der Waals surface area contributed by atoms with Gasteiger partial charge in [0.15, 0.2) is 17.7 Å². The Kier molecular flexibility index (Phi) is 4.79. The number of carbonyl (C=O) groups is 2. The molecule has 8 nitrogen and oxygen atoms in total. The van der Waals surface area contributed by atoms with Crippen molar-refractivity contribution in [2.24, 2.45) is 0 Å². The smallest absolute Gasteiger partial charge is 0.276 e. The monoisotopic (exact) mass is 439 g/mol. The number of thiophene rings is 1. The van der Waals surface area contributed by atoms with E-state index in [2.05, 4.69) is 5.32 Å². The molecule has 3 aromatic rings. The maximum Gasteiger partial charge on any atom is 0.276 e. The van der Waals surface area contributed by atoms with Crippen LogP contribution < -0.4 is 10.7 Å². The van der Waals surface area contributed by atoms with Crippen LogP contribution in [0.2, 0.25) is 0 Å². The number of fused-ring (bicyclic) bond motifs is 3. The molecule has 1 aromatic carbocycles. The zero-order valence-electron chi connectivity index (χ0n) is 16.8. The molecule has 0 spiro atoms. The first-order valence-corrected chi connectivity index (χ1v) is 10.9. The lowest BCUT2D eigenvalue weighted by Crippen LogP contribution is -2.57. The minimum absolute atomic E-state index is 0.0567. The van der Waals surface area contributed by atoms with E-state index in [1.807, 2.05) is 37.3 Å². The average Bonchev–Trinajstić information content (AvgIpc) is 3.17. The fourth-order valence-corrected chi connectivity index (χ4v) is 5.21. The van der Waals surface area contributed by atoms with Gasteiger partial charge in [0.05, 0.1) is 19.7 Å². The molecule has 0 aliphatic carbocycles. The van der Waals surface area contributed by atoms with Crippen LogP contribution in [0.15, 0.2) is 41.3 Å². The van der Waals surface area contributed by atoms with E-state index in [1.165, 1.54) is 10.8 Å². The summed E-state index contributed by atoms with van der Waals surface area (Å²) >= 11 is 1.56. The molecule has 2 N–H and O–H groups in total. The quantitative estimate of drug-likeness (QED) is 0.652. The van der Waals surface area contributed by atoms with Crippen LogP contribution in [0, 0.1) is 0 Å². The van der Waals surface area contributed by atoms with Crippen molar-refractivity contribution in [3.63, 3.8) is 0 Å². The van der Waals surface area contributed by atoms with Crippen LogP contribution >= 0.6 is 11.3 Å². The van der Waals surface area contributed by atoms with E-state index in [1.54, 1.807) is 16.2 Å². The van der Waals surface area contributed by atoms with Crippen molar-refractivity contribution in [2.45, 2.75) is 38.7 Å². The van der Waals surface area contributed by atoms with E-state index >= 15 is 0 Å². The Hall–Kier alpha value is -3.17. The summed E-state index contributed by atoms with van der Waals surface area (Å²) in [6, 6.07) is 9.85. The van der Waals surface area contributed by atoms with Gasteiger partial charge in [-0.3, -0.25) is 14.4 Å². The molecule has 9 heteroatoms. The molecule has 2 aliphatic heterocycles. The first kappa shape index (κ1) is 19.8. The number of ether oxygens (including phenoxy) is 1. The van der Waals surface area contributed by atoms with E-state index in [0.29, 0.717) is 13.0 Å². The minimum atomic E-state index is -0.850. The Morgan fingerprint density at radius 2 is 2.13 bits per heavy atom. The van der Waals surface area contributed by atoms with Crippen molar-refractivity contribution in [1.82, 2.24) is 14.8 Å². The molecular weight excluding hydrogens is 418 g/mol. The molecule has 0 saturated carbocycles. The molecule has 0 unspecified atom stereocenters. The Morgan fingerprint density at radius 3 is 2.94 bits per heavy atom. The minimum Gasteiger partial charge on any atom is -0.503 e. The van der Waals surface area contributed by atoms with Crippen molar-refractivity contribution in [3.8, 4) is 5.75 Å². The van der Waals surface area contributed by atoms with Gasteiger partial charge >= 0.3 is 0 Å². The fraction of sp³-hybridized carbons (Fsp3) is 0.318. The van der Waals surface area contributed by atoms with Crippen LogP contribution in [0.5, 0.6) is 5.75 Å². The molecule has 1 fully saturated rings. The predicted octanol–water partition coefficient (Wildman–Crippen LogP) is 2.29. The number of hydrogen-bond donors (Lipinski definition) is 2. The van der Waals surface area contributed by atoms with Crippen LogP contribution in [0.4, 0.5) is 0 Å². The Labute approximate surface area is 181 Å². The third kappa shape index (κ3) is 3.30. The highest BCUT2D eigenvalue weighted by atomic mass is 32.1.